The Kier molecular flexibility index (Phi) is 5.30. The van der Waals surface area contributed by atoms with Gasteiger partial charge in [0, 0.05) is 19.9 Å². The van der Waals surface area contributed by atoms with E-state index in [4.69, 9.17) is 9.15 Å². The Hall–Kier alpha value is -2.32. The standard InChI is InChI=1S/C19H24N2O5S/c1-12-9-16(12)18-7-5-14(26-18)11-21(3)27(23,24)15-6-8-19(25-4)17(10-15)20-13(2)22/h5-8,10,12,16H,9,11H2,1-4H3,(H,20,22)/t12-,16+/m1/s1. The van der Waals surface area contributed by atoms with Crippen LogP contribution in [0, 0.1) is 5.92 Å². The number of carbonyl (C=O) groups is 1. The molecule has 1 aliphatic carbocycles. The molecule has 1 fully saturated rings. The Morgan fingerprint density at radius 1 is 1.33 bits per heavy atom. The maximum atomic E-state index is 12.9. The highest BCUT2D eigenvalue weighted by Gasteiger charge is 2.36. The topological polar surface area (TPSA) is 88.8 Å². The molecular formula is C19H24N2O5S. The highest BCUT2D eigenvalue weighted by Crippen LogP contribution is 2.47. The number of methoxy groups -OCH3 is 1. The minimum absolute atomic E-state index is 0.0668. The molecule has 1 N–H and O–H groups in total. The lowest BCUT2D eigenvalue weighted by Gasteiger charge is -2.17. The molecule has 0 unspecified atom stereocenters. The summed E-state index contributed by atoms with van der Waals surface area (Å²) in [5.41, 5.74) is 0.308. The number of hydrogen-bond acceptors (Lipinski definition) is 5. The molecule has 0 saturated heterocycles. The molecule has 2 aromatic rings. The second kappa shape index (κ2) is 7.36. The van der Waals surface area contributed by atoms with Crippen molar-refractivity contribution in [1.29, 1.82) is 0 Å². The first-order valence-corrected chi connectivity index (χ1v) is 10.2. The minimum atomic E-state index is -3.76. The molecular weight excluding hydrogens is 368 g/mol. The molecule has 1 saturated carbocycles. The molecule has 146 valence electrons. The summed E-state index contributed by atoms with van der Waals surface area (Å²) in [6.45, 7) is 3.65. The number of nitrogens with zero attached hydrogens (tertiary/aromatic N) is 1. The molecule has 0 bridgehead atoms. The molecule has 1 amide bonds. The van der Waals surface area contributed by atoms with Gasteiger partial charge in [-0.15, -0.1) is 0 Å². The fraction of sp³-hybridized carbons (Fsp3) is 0.421. The fourth-order valence-corrected chi connectivity index (χ4v) is 4.18. The maximum absolute atomic E-state index is 12.9. The lowest BCUT2D eigenvalue weighted by Crippen LogP contribution is -2.26. The number of ether oxygens (including phenoxy) is 1. The smallest absolute Gasteiger partial charge is 0.243 e. The maximum Gasteiger partial charge on any atom is 0.243 e. The van der Waals surface area contributed by atoms with Crippen LogP contribution >= 0.6 is 0 Å². The van der Waals surface area contributed by atoms with Gasteiger partial charge in [-0.3, -0.25) is 4.79 Å². The Labute approximate surface area is 159 Å². The second-order valence-corrected chi connectivity index (χ2v) is 8.97. The predicted molar refractivity (Wildman–Crippen MR) is 101 cm³/mol. The average Bonchev–Trinajstić information content (AvgIpc) is 3.15. The van der Waals surface area contributed by atoms with E-state index in [1.807, 2.05) is 12.1 Å². The van der Waals surface area contributed by atoms with Crippen LogP contribution in [-0.4, -0.2) is 32.8 Å². The lowest BCUT2D eigenvalue weighted by molar-refractivity contribution is -0.114. The molecule has 1 aromatic carbocycles. The molecule has 8 heteroatoms. The van der Waals surface area contributed by atoms with Gasteiger partial charge in [-0.2, -0.15) is 4.31 Å². The Morgan fingerprint density at radius 2 is 2.04 bits per heavy atom. The molecule has 7 nitrogen and oxygen atoms in total. The molecule has 2 atom stereocenters. The van der Waals surface area contributed by atoms with Crippen molar-refractivity contribution in [2.75, 3.05) is 19.5 Å². The summed E-state index contributed by atoms with van der Waals surface area (Å²) in [4.78, 5) is 11.4. The molecule has 1 aliphatic rings. The van der Waals surface area contributed by atoms with E-state index in [2.05, 4.69) is 12.2 Å². The minimum Gasteiger partial charge on any atom is -0.495 e. The van der Waals surface area contributed by atoms with Gasteiger partial charge in [-0.05, 0) is 42.7 Å². The largest absolute Gasteiger partial charge is 0.495 e. The van der Waals surface area contributed by atoms with Gasteiger partial charge in [0.1, 0.15) is 17.3 Å². The third kappa shape index (κ3) is 4.17. The first kappa shape index (κ1) is 19.4. The Morgan fingerprint density at radius 3 is 2.63 bits per heavy atom. The molecule has 1 aromatic heterocycles. The number of rotatable bonds is 7. The normalized spacial score (nSPS) is 19.1. The highest BCUT2D eigenvalue weighted by atomic mass is 32.2. The van der Waals surface area contributed by atoms with Crippen molar-refractivity contribution in [3.63, 3.8) is 0 Å². The molecule has 1 heterocycles. The van der Waals surface area contributed by atoms with Crippen molar-refractivity contribution in [2.24, 2.45) is 5.92 Å². The van der Waals surface area contributed by atoms with Crippen molar-refractivity contribution in [3.8, 4) is 5.75 Å². The number of nitrogens with one attached hydrogen (secondary N) is 1. The van der Waals surface area contributed by atoms with E-state index in [1.54, 1.807) is 0 Å². The van der Waals surface area contributed by atoms with E-state index >= 15 is 0 Å². The number of sulfonamides is 1. The van der Waals surface area contributed by atoms with Crippen LogP contribution in [0.5, 0.6) is 5.75 Å². The molecule has 0 aliphatic heterocycles. The number of amides is 1. The van der Waals surface area contributed by atoms with Crippen molar-refractivity contribution < 1.29 is 22.4 Å². The highest BCUT2D eigenvalue weighted by molar-refractivity contribution is 7.89. The van der Waals surface area contributed by atoms with Gasteiger partial charge in [0.25, 0.3) is 0 Å². The first-order chi connectivity index (χ1) is 12.7. The summed E-state index contributed by atoms with van der Waals surface area (Å²) in [6.07, 6.45) is 1.11. The van der Waals surface area contributed by atoms with Gasteiger partial charge in [0.05, 0.1) is 24.2 Å². The molecule has 0 radical (unpaired) electrons. The van der Waals surface area contributed by atoms with E-state index in [0.717, 1.165) is 12.2 Å². The number of anilines is 1. The van der Waals surface area contributed by atoms with Crippen molar-refractivity contribution >= 4 is 21.6 Å². The van der Waals surface area contributed by atoms with Crippen LogP contribution in [-0.2, 0) is 21.4 Å². The van der Waals surface area contributed by atoms with E-state index in [-0.39, 0.29) is 17.3 Å². The number of benzene rings is 1. The first-order valence-electron chi connectivity index (χ1n) is 8.73. The van der Waals surface area contributed by atoms with E-state index < -0.39 is 10.0 Å². The van der Waals surface area contributed by atoms with Gasteiger partial charge >= 0.3 is 0 Å². The zero-order valence-electron chi connectivity index (χ0n) is 15.9. The monoisotopic (exact) mass is 392 g/mol. The van der Waals surface area contributed by atoms with Crippen molar-refractivity contribution in [1.82, 2.24) is 4.31 Å². The Bertz CT molecular complexity index is 951. The number of furan rings is 1. The van der Waals surface area contributed by atoms with E-state index in [1.165, 1.54) is 43.6 Å². The van der Waals surface area contributed by atoms with E-state index in [9.17, 15) is 13.2 Å². The van der Waals surface area contributed by atoms with Gasteiger partial charge in [0.15, 0.2) is 0 Å². The Balaban J connectivity index is 1.80. The summed E-state index contributed by atoms with van der Waals surface area (Å²) in [7, 11) is -0.806. The third-order valence-electron chi connectivity index (χ3n) is 4.73. The summed E-state index contributed by atoms with van der Waals surface area (Å²) < 4.78 is 38.0. The van der Waals surface area contributed by atoms with Crippen LogP contribution in [0.25, 0.3) is 0 Å². The van der Waals surface area contributed by atoms with E-state index in [0.29, 0.717) is 29.0 Å². The van der Waals surface area contributed by atoms with Crippen LogP contribution in [0.4, 0.5) is 5.69 Å². The summed E-state index contributed by atoms with van der Waals surface area (Å²) in [5.74, 6) is 2.67. The second-order valence-electron chi connectivity index (χ2n) is 6.93. The van der Waals surface area contributed by atoms with Crippen molar-refractivity contribution in [3.05, 3.63) is 41.9 Å². The summed E-state index contributed by atoms with van der Waals surface area (Å²) in [5, 5.41) is 2.59. The summed E-state index contributed by atoms with van der Waals surface area (Å²) >= 11 is 0. The van der Waals surface area contributed by atoms with Crippen LogP contribution in [0.3, 0.4) is 0 Å². The SMILES string of the molecule is COc1ccc(S(=O)(=O)N(C)Cc2ccc([C@H]3C[C@H]3C)o2)cc1NC(C)=O. The molecule has 3 rings (SSSR count). The van der Waals surface area contributed by atoms with Crippen LogP contribution < -0.4 is 10.1 Å². The van der Waals surface area contributed by atoms with Crippen LogP contribution in [0.1, 0.15) is 37.7 Å². The van der Waals surface area contributed by atoms with Crippen LogP contribution in [0.2, 0.25) is 0 Å². The zero-order valence-corrected chi connectivity index (χ0v) is 16.7. The lowest BCUT2D eigenvalue weighted by atomic mass is 10.3. The van der Waals surface area contributed by atoms with Gasteiger partial charge in [-0.25, -0.2) is 8.42 Å². The van der Waals surface area contributed by atoms with Crippen LogP contribution in [0.15, 0.2) is 39.6 Å². The predicted octanol–water partition coefficient (Wildman–Crippen LogP) is 3.19. The average molecular weight is 392 g/mol. The van der Waals surface area contributed by atoms with Crippen molar-refractivity contribution in [2.45, 2.75) is 37.6 Å². The molecule has 27 heavy (non-hydrogen) atoms. The third-order valence-corrected chi connectivity index (χ3v) is 6.53. The van der Waals surface area contributed by atoms with Gasteiger partial charge < -0.3 is 14.5 Å². The number of hydrogen-bond donors (Lipinski definition) is 1. The molecule has 0 spiro atoms. The fourth-order valence-electron chi connectivity index (χ4n) is 3.02. The number of carbonyl (C=O) groups excluding carboxylic acids is 1. The van der Waals surface area contributed by atoms with Gasteiger partial charge in [0.2, 0.25) is 15.9 Å². The summed E-state index contributed by atoms with van der Waals surface area (Å²) in [6, 6.07) is 8.11. The zero-order chi connectivity index (χ0) is 19.8. The van der Waals surface area contributed by atoms with Gasteiger partial charge in [-0.1, -0.05) is 6.92 Å². The quantitative estimate of drug-likeness (QED) is 0.782.